The van der Waals surface area contributed by atoms with Gasteiger partial charge in [0.1, 0.15) is 0 Å². The molecule has 6 heteroatoms. The minimum absolute atomic E-state index is 0.0362. The van der Waals surface area contributed by atoms with Crippen molar-refractivity contribution in [1.82, 2.24) is 4.72 Å². The van der Waals surface area contributed by atoms with Gasteiger partial charge in [0.15, 0.2) is 0 Å². The Bertz CT molecular complexity index is 1110. The lowest BCUT2D eigenvalue weighted by atomic mass is 10.1. The molecule has 0 saturated carbocycles. The number of hydrogen-bond donors (Lipinski definition) is 2. The van der Waals surface area contributed by atoms with Crippen LogP contribution in [0.5, 0.6) is 0 Å². The molecule has 0 aliphatic rings. The van der Waals surface area contributed by atoms with Crippen molar-refractivity contribution >= 4 is 32.4 Å². The van der Waals surface area contributed by atoms with Crippen LogP contribution in [-0.2, 0) is 14.8 Å². The molecule has 0 unspecified atom stereocenters. The van der Waals surface area contributed by atoms with Gasteiger partial charge in [0.05, 0.1) is 4.90 Å². The SMILES string of the molecule is Cc1cc(C)c(S(=O)(=O)NCCC(=O)Nc2ccc3ccccc3c2)c(C)c1. The van der Waals surface area contributed by atoms with Crippen LogP contribution >= 0.6 is 0 Å². The van der Waals surface area contributed by atoms with Crippen molar-refractivity contribution in [3.05, 3.63) is 71.3 Å². The first kappa shape index (κ1) is 20.0. The Morgan fingerprint density at radius 1 is 0.893 bits per heavy atom. The van der Waals surface area contributed by atoms with Crippen LogP contribution in [0, 0.1) is 20.8 Å². The number of carbonyl (C=O) groups is 1. The summed E-state index contributed by atoms with van der Waals surface area (Å²) >= 11 is 0. The smallest absolute Gasteiger partial charge is 0.241 e. The molecule has 0 aliphatic carbocycles. The standard InChI is InChI=1S/C22H24N2O3S/c1-15-12-16(2)22(17(3)13-15)28(26,27)23-11-10-21(25)24-20-9-8-18-6-4-5-7-19(18)14-20/h4-9,12-14,23H,10-11H2,1-3H3,(H,24,25). The third-order valence-corrected chi connectivity index (χ3v) is 6.32. The molecule has 0 heterocycles. The maximum Gasteiger partial charge on any atom is 0.241 e. The molecule has 1 amide bonds. The van der Waals surface area contributed by atoms with Crippen LogP contribution < -0.4 is 10.0 Å². The fourth-order valence-corrected chi connectivity index (χ4v) is 4.93. The molecule has 0 spiro atoms. The Morgan fingerprint density at radius 3 is 2.21 bits per heavy atom. The van der Waals surface area contributed by atoms with Crippen molar-refractivity contribution in [2.45, 2.75) is 32.1 Å². The average molecular weight is 397 g/mol. The maximum absolute atomic E-state index is 12.6. The minimum Gasteiger partial charge on any atom is -0.326 e. The van der Waals surface area contributed by atoms with Crippen LogP contribution in [-0.4, -0.2) is 20.9 Å². The molecule has 0 aromatic heterocycles. The topological polar surface area (TPSA) is 75.3 Å². The normalized spacial score (nSPS) is 11.5. The molecule has 146 valence electrons. The summed E-state index contributed by atoms with van der Waals surface area (Å²) in [6.45, 7) is 5.53. The predicted molar refractivity (Wildman–Crippen MR) is 113 cm³/mol. The van der Waals surface area contributed by atoms with Gasteiger partial charge in [-0.15, -0.1) is 0 Å². The number of sulfonamides is 1. The first-order chi connectivity index (χ1) is 13.3. The molecule has 28 heavy (non-hydrogen) atoms. The number of aryl methyl sites for hydroxylation is 3. The number of nitrogens with one attached hydrogen (secondary N) is 2. The van der Waals surface area contributed by atoms with Crippen LogP contribution in [0.1, 0.15) is 23.1 Å². The van der Waals surface area contributed by atoms with Gasteiger partial charge in [0, 0.05) is 18.7 Å². The lowest BCUT2D eigenvalue weighted by molar-refractivity contribution is -0.116. The first-order valence-electron chi connectivity index (χ1n) is 9.12. The van der Waals surface area contributed by atoms with Crippen molar-refractivity contribution < 1.29 is 13.2 Å². The number of amides is 1. The van der Waals surface area contributed by atoms with E-state index < -0.39 is 10.0 Å². The van der Waals surface area contributed by atoms with E-state index in [2.05, 4.69) is 10.0 Å². The van der Waals surface area contributed by atoms with Crippen molar-refractivity contribution in [1.29, 1.82) is 0 Å². The summed E-state index contributed by atoms with van der Waals surface area (Å²) in [5.41, 5.74) is 3.11. The molecule has 0 saturated heterocycles. The number of fused-ring (bicyclic) bond motifs is 1. The largest absolute Gasteiger partial charge is 0.326 e. The number of hydrogen-bond acceptors (Lipinski definition) is 3. The van der Waals surface area contributed by atoms with Gasteiger partial charge >= 0.3 is 0 Å². The molecule has 0 aliphatic heterocycles. The zero-order chi connectivity index (χ0) is 20.3. The van der Waals surface area contributed by atoms with E-state index >= 15 is 0 Å². The van der Waals surface area contributed by atoms with E-state index in [9.17, 15) is 13.2 Å². The quantitative estimate of drug-likeness (QED) is 0.659. The first-order valence-corrected chi connectivity index (χ1v) is 10.6. The van der Waals surface area contributed by atoms with Gasteiger partial charge in [0.2, 0.25) is 15.9 Å². The molecular formula is C22H24N2O3S. The third kappa shape index (κ3) is 4.58. The van der Waals surface area contributed by atoms with Crippen LogP contribution in [0.25, 0.3) is 10.8 Å². The van der Waals surface area contributed by atoms with Gasteiger partial charge < -0.3 is 5.32 Å². The summed E-state index contributed by atoms with van der Waals surface area (Å²) < 4.78 is 27.8. The highest BCUT2D eigenvalue weighted by atomic mass is 32.2. The van der Waals surface area contributed by atoms with Gasteiger partial charge in [-0.2, -0.15) is 0 Å². The van der Waals surface area contributed by atoms with Crippen LogP contribution in [0.3, 0.4) is 0 Å². The predicted octanol–water partition coefficient (Wildman–Crippen LogP) is 4.07. The fraction of sp³-hybridized carbons (Fsp3) is 0.227. The van der Waals surface area contributed by atoms with Gasteiger partial charge in [-0.1, -0.05) is 48.0 Å². The zero-order valence-corrected chi connectivity index (χ0v) is 17.1. The highest BCUT2D eigenvalue weighted by Crippen LogP contribution is 2.22. The van der Waals surface area contributed by atoms with Crippen LogP contribution in [0.4, 0.5) is 5.69 Å². The second-order valence-electron chi connectivity index (χ2n) is 6.99. The molecular weight excluding hydrogens is 372 g/mol. The molecule has 3 aromatic rings. The molecule has 5 nitrogen and oxygen atoms in total. The molecule has 0 atom stereocenters. The number of carbonyl (C=O) groups excluding carboxylic acids is 1. The Morgan fingerprint density at radius 2 is 1.54 bits per heavy atom. The number of rotatable bonds is 6. The zero-order valence-electron chi connectivity index (χ0n) is 16.2. The van der Waals surface area contributed by atoms with Crippen molar-refractivity contribution in [2.24, 2.45) is 0 Å². The molecule has 0 bridgehead atoms. The Balaban J connectivity index is 1.61. The molecule has 3 aromatic carbocycles. The Labute approximate surface area is 165 Å². The maximum atomic E-state index is 12.6. The summed E-state index contributed by atoms with van der Waals surface area (Å²) in [5.74, 6) is -0.240. The summed E-state index contributed by atoms with van der Waals surface area (Å²) in [7, 11) is -3.67. The molecule has 0 fully saturated rings. The van der Waals surface area contributed by atoms with Gasteiger partial charge in [-0.3, -0.25) is 4.79 Å². The van der Waals surface area contributed by atoms with Crippen LogP contribution in [0.15, 0.2) is 59.5 Å². The van der Waals surface area contributed by atoms with E-state index in [1.165, 1.54) is 0 Å². The van der Waals surface area contributed by atoms with E-state index in [4.69, 9.17) is 0 Å². The van der Waals surface area contributed by atoms with Crippen LogP contribution in [0.2, 0.25) is 0 Å². The summed E-state index contributed by atoms with van der Waals surface area (Å²) in [6, 6.07) is 17.2. The van der Waals surface area contributed by atoms with Crippen molar-refractivity contribution in [3.8, 4) is 0 Å². The molecule has 3 rings (SSSR count). The fourth-order valence-electron chi connectivity index (χ4n) is 3.45. The minimum atomic E-state index is -3.67. The lowest BCUT2D eigenvalue weighted by Gasteiger charge is -2.13. The van der Waals surface area contributed by atoms with Gasteiger partial charge in [-0.25, -0.2) is 13.1 Å². The van der Waals surface area contributed by atoms with E-state index in [1.807, 2.05) is 61.5 Å². The van der Waals surface area contributed by atoms with E-state index in [-0.39, 0.29) is 23.8 Å². The van der Waals surface area contributed by atoms with E-state index in [0.29, 0.717) is 16.8 Å². The summed E-state index contributed by atoms with van der Waals surface area (Å²) in [6.07, 6.45) is 0.0516. The monoisotopic (exact) mass is 396 g/mol. The molecule has 2 N–H and O–H groups in total. The Kier molecular flexibility index (Phi) is 5.82. The average Bonchev–Trinajstić information content (AvgIpc) is 2.60. The second kappa shape index (κ2) is 8.12. The summed E-state index contributed by atoms with van der Waals surface area (Å²) in [5, 5.41) is 4.94. The van der Waals surface area contributed by atoms with Gasteiger partial charge in [-0.05, 0) is 54.8 Å². The van der Waals surface area contributed by atoms with Gasteiger partial charge in [0.25, 0.3) is 0 Å². The van der Waals surface area contributed by atoms with Crippen molar-refractivity contribution in [3.63, 3.8) is 0 Å². The van der Waals surface area contributed by atoms with E-state index in [0.717, 1.165) is 16.3 Å². The van der Waals surface area contributed by atoms with E-state index in [1.54, 1.807) is 13.8 Å². The molecule has 0 radical (unpaired) electrons. The highest BCUT2D eigenvalue weighted by Gasteiger charge is 2.19. The number of anilines is 1. The highest BCUT2D eigenvalue weighted by molar-refractivity contribution is 7.89. The Hall–Kier alpha value is -2.70. The lowest BCUT2D eigenvalue weighted by Crippen LogP contribution is -2.29. The summed E-state index contributed by atoms with van der Waals surface area (Å²) in [4.78, 5) is 12.5. The number of benzene rings is 3. The third-order valence-electron chi connectivity index (χ3n) is 4.55. The second-order valence-corrected chi connectivity index (χ2v) is 8.69. The van der Waals surface area contributed by atoms with Crippen molar-refractivity contribution in [2.75, 3.05) is 11.9 Å².